The van der Waals surface area contributed by atoms with Crippen LogP contribution in [0.1, 0.15) is 10.4 Å². The summed E-state index contributed by atoms with van der Waals surface area (Å²) in [5, 5.41) is 3.04. The van der Waals surface area contributed by atoms with Crippen molar-refractivity contribution in [2.45, 2.75) is 0 Å². The highest BCUT2D eigenvalue weighted by molar-refractivity contribution is 6.29. The largest absolute Gasteiger partial charge is 0.497 e. The number of nitrogens with two attached hydrogens (primary N) is 1. The van der Waals surface area contributed by atoms with E-state index in [1.807, 2.05) is 0 Å². The van der Waals surface area contributed by atoms with E-state index in [2.05, 4.69) is 10.3 Å². The summed E-state index contributed by atoms with van der Waals surface area (Å²) in [6.45, 7) is 0. The smallest absolute Gasteiger partial charge is 0.257 e. The van der Waals surface area contributed by atoms with Crippen LogP contribution in [0.2, 0.25) is 5.15 Å². The number of hydrogen-bond donors (Lipinski definition) is 2. The fourth-order valence-electron chi connectivity index (χ4n) is 1.51. The predicted octanol–water partition coefficient (Wildman–Crippen LogP) is 2.58. The summed E-state index contributed by atoms with van der Waals surface area (Å²) < 4.78 is 5.06. The first-order valence-electron chi connectivity index (χ1n) is 5.46. The zero-order valence-electron chi connectivity index (χ0n) is 10.2. The van der Waals surface area contributed by atoms with Gasteiger partial charge in [0.15, 0.2) is 0 Å². The first-order chi connectivity index (χ1) is 9.10. The van der Waals surface area contributed by atoms with Gasteiger partial charge >= 0.3 is 0 Å². The van der Waals surface area contributed by atoms with E-state index in [-0.39, 0.29) is 5.91 Å². The van der Waals surface area contributed by atoms with Crippen LogP contribution in [0.3, 0.4) is 0 Å². The quantitative estimate of drug-likeness (QED) is 0.668. The Kier molecular flexibility index (Phi) is 3.87. The van der Waals surface area contributed by atoms with Crippen molar-refractivity contribution in [1.82, 2.24) is 4.98 Å². The third-order valence-electron chi connectivity index (χ3n) is 2.49. The van der Waals surface area contributed by atoms with Crippen molar-refractivity contribution in [2.24, 2.45) is 0 Å². The lowest BCUT2D eigenvalue weighted by Crippen LogP contribution is -2.14. The van der Waals surface area contributed by atoms with Gasteiger partial charge in [-0.3, -0.25) is 4.79 Å². The Bertz CT molecular complexity index is 599. The third-order valence-corrected chi connectivity index (χ3v) is 2.71. The molecule has 98 valence electrons. The van der Waals surface area contributed by atoms with E-state index in [1.54, 1.807) is 30.3 Å². The summed E-state index contributed by atoms with van der Waals surface area (Å²) in [4.78, 5) is 16.0. The second-order valence-corrected chi connectivity index (χ2v) is 4.16. The molecule has 0 saturated carbocycles. The lowest BCUT2D eigenvalue weighted by molar-refractivity contribution is 0.102. The van der Waals surface area contributed by atoms with Crippen molar-refractivity contribution in [1.29, 1.82) is 0 Å². The number of aromatic nitrogens is 1. The molecule has 0 radical (unpaired) electrons. The fraction of sp³-hybridized carbons (Fsp3) is 0.0769. The zero-order chi connectivity index (χ0) is 13.8. The van der Waals surface area contributed by atoms with Gasteiger partial charge < -0.3 is 15.8 Å². The molecule has 19 heavy (non-hydrogen) atoms. The molecule has 0 aliphatic heterocycles. The molecule has 0 unspecified atom stereocenters. The first-order valence-corrected chi connectivity index (χ1v) is 5.84. The molecule has 6 heteroatoms. The molecule has 0 saturated heterocycles. The Morgan fingerprint density at radius 3 is 2.79 bits per heavy atom. The van der Waals surface area contributed by atoms with E-state index < -0.39 is 0 Å². The highest BCUT2D eigenvalue weighted by Crippen LogP contribution is 2.21. The van der Waals surface area contributed by atoms with Crippen molar-refractivity contribution >= 4 is 28.9 Å². The number of ether oxygens (including phenoxy) is 1. The highest BCUT2D eigenvalue weighted by Gasteiger charge is 2.11. The maximum Gasteiger partial charge on any atom is 0.257 e. The molecule has 5 nitrogen and oxygen atoms in total. The monoisotopic (exact) mass is 277 g/mol. The lowest BCUT2D eigenvalue weighted by atomic mass is 10.1. The Morgan fingerprint density at radius 2 is 2.16 bits per heavy atom. The molecule has 1 amide bonds. The number of pyridine rings is 1. The van der Waals surface area contributed by atoms with Crippen LogP contribution in [-0.2, 0) is 0 Å². The molecule has 1 heterocycles. The van der Waals surface area contributed by atoms with Gasteiger partial charge in [-0.1, -0.05) is 11.6 Å². The van der Waals surface area contributed by atoms with E-state index >= 15 is 0 Å². The van der Waals surface area contributed by atoms with Gasteiger partial charge in [0.25, 0.3) is 5.91 Å². The van der Waals surface area contributed by atoms with Crippen molar-refractivity contribution in [3.8, 4) is 5.75 Å². The van der Waals surface area contributed by atoms with Gasteiger partial charge in [-0.05, 0) is 30.3 Å². The second-order valence-electron chi connectivity index (χ2n) is 3.78. The first kappa shape index (κ1) is 13.2. The summed E-state index contributed by atoms with van der Waals surface area (Å²) >= 11 is 5.67. The standard InChI is InChI=1S/C13H12ClN3O2/c1-19-9-3-4-11(15)10(6-9)13(18)17-8-2-5-12(14)16-7-8/h2-7H,15H2,1H3,(H,17,18). The summed E-state index contributed by atoms with van der Waals surface area (Å²) in [7, 11) is 1.52. The molecule has 0 spiro atoms. The number of nitrogen functional groups attached to an aromatic ring is 1. The molecule has 2 aromatic rings. The van der Waals surface area contributed by atoms with E-state index in [0.717, 1.165) is 0 Å². The van der Waals surface area contributed by atoms with Crippen LogP contribution >= 0.6 is 11.6 Å². The average Bonchev–Trinajstić information content (AvgIpc) is 2.42. The second kappa shape index (κ2) is 5.58. The number of rotatable bonds is 3. The van der Waals surface area contributed by atoms with Crippen LogP contribution in [-0.4, -0.2) is 18.0 Å². The van der Waals surface area contributed by atoms with Crippen LogP contribution in [0.5, 0.6) is 5.75 Å². The Morgan fingerprint density at radius 1 is 1.37 bits per heavy atom. The van der Waals surface area contributed by atoms with E-state index in [4.69, 9.17) is 22.1 Å². The predicted molar refractivity (Wildman–Crippen MR) is 74.6 cm³/mol. The minimum atomic E-state index is -0.333. The Labute approximate surface area is 115 Å². The van der Waals surface area contributed by atoms with E-state index in [1.165, 1.54) is 13.3 Å². The van der Waals surface area contributed by atoms with Crippen LogP contribution in [0.15, 0.2) is 36.5 Å². The summed E-state index contributed by atoms with van der Waals surface area (Å²) in [6.07, 6.45) is 1.47. The zero-order valence-corrected chi connectivity index (χ0v) is 10.9. The minimum Gasteiger partial charge on any atom is -0.497 e. The number of nitrogens with zero attached hydrogens (tertiary/aromatic N) is 1. The number of halogens is 1. The molecular weight excluding hydrogens is 266 g/mol. The van der Waals surface area contributed by atoms with Crippen molar-refractivity contribution in [3.05, 3.63) is 47.2 Å². The van der Waals surface area contributed by atoms with E-state index in [9.17, 15) is 4.79 Å². The number of amides is 1. The molecular formula is C13H12ClN3O2. The fourth-order valence-corrected chi connectivity index (χ4v) is 1.62. The number of carbonyl (C=O) groups excluding carboxylic acids is 1. The summed E-state index contributed by atoms with van der Waals surface area (Å²) in [6, 6.07) is 8.13. The molecule has 0 aliphatic rings. The van der Waals surface area contributed by atoms with Gasteiger partial charge in [0.1, 0.15) is 10.9 Å². The van der Waals surface area contributed by atoms with Gasteiger partial charge in [-0.2, -0.15) is 0 Å². The van der Waals surface area contributed by atoms with Gasteiger partial charge in [0, 0.05) is 5.69 Å². The molecule has 0 atom stereocenters. The molecule has 2 rings (SSSR count). The Hall–Kier alpha value is -2.27. The number of carbonyl (C=O) groups is 1. The van der Waals surface area contributed by atoms with Crippen LogP contribution in [0.4, 0.5) is 11.4 Å². The third kappa shape index (κ3) is 3.14. The van der Waals surface area contributed by atoms with Gasteiger partial charge in [0.05, 0.1) is 24.6 Å². The van der Waals surface area contributed by atoms with E-state index in [0.29, 0.717) is 27.8 Å². The number of hydrogen-bond acceptors (Lipinski definition) is 4. The van der Waals surface area contributed by atoms with Gasteiger partial charge in [0.2, 0.25) is 0 Å². The van der Waals surface area contributed by atoms with Crippen molar-refractivity contribution in [2.75, 3.05) is 18.2 Å². The number of benzene rings is 1. The molecule has 0 bridgehead atoms. The number of methoxy groups -OCH3 is 1. The Balaban J connectivity index is 2.22. The highest BCUT2D eigenvalue weighted by atomic mass is 35.5. The van der Waals surface area contributed by atoms with Crippen LogP contribution < -0.4 is 15.8 Å². The maximum atomic E-state index is 12.1. The van der Waals surface area contributed by atoms with Gasteiger partial charge in [-0.25, -0.2) is 4.98 Å². The summed E-state index contributed by atoms with van der Waals surface area (Å²) in [5.74, 6) is 0.231. The number of anilines is 2. The van der Waals surface area contributed by atoms with Crippen molar-refractivity contribution in [3.63, 3.8) is 0 Å². The van der Waals surface area contributed by atoms with Crippen molar-refractivity contribution < 1.29 is 9.53 Å². The summed E-state index contributed by atoms with van der Waals surface area (Å²) in [5.41, 5.74) is 7.03. The van der Waals surface area contributed by atoms with Gasteiger partial charge in [-0.15, -0.1) is 0 Å². The normalized spacial score (nSPS) is 10.0. The molecule has 0 fully saturated rings. The SMILES string of the molecule is COc1ccc(N)c(C(=O)Nc2ccc(Cl)nc2)c1. The lowest BCUT2D eigenvalue weighted by Gasteiger charge is -2.09. The molecule has 1 aromatic heterocycles. The minimum absolute atomic E-state index is 0.333. The van der Waals surface area contributed by atoms with Crippen LogP contribution in [0, 0.1) is 0 Å². The molecule has 3 N–H and O–H groups in total. The molecule has 0 aliphatic carbocycles. The maximum absolute atomic E-state index is 12.1. The molecule has 1 aromatic carbocycles. The average molecular weight is 278 g/mol. The van der Waals surface area contributed by atoms with Crippen LogP contribution in [0.25, 0.3) is 0 Å². The number of nitrogens with one attached hydrogen (secondary N) is 1. The topological polar surface area (TPSA) is 77.2 Å².